The number of rotatable bonds is 5. The Hall–Kier alpha value is -3.49. The first-order valence-electron chi connectivity index (χ1n) is 11.4. The van der Waals surface area contributed by atoms with Gasteiger partial charge in [0.15, 0.2) is 0 Å². The number of fused-ring (bicyclic) bond motifs is 1. The first-order valence-corrected chi connectivity index (χ1v) is 11.4. The van der Waals surface area contributed by atoms with Crippen molar-refractivity contribution in [1.82, 2.24) is 14.9 Å². The van der Waals surface area contributed by atoms with Gasteiger partial charge >= 0.3 is 6.09 Å². The molecule has 3 heterocycles. The highest BCUT2D eigenvalue weighted by molar-refractivity contribution is 5.98. The summed E-state index contributed by atoms with van der Waals surface area (Å²) in [5.74, 6) is 0.553. The van der Waals surface area contributed by atoms with Gasteiger partial charge in [-0.2, -0.15) is 0 Å². The molecule has 0 radical (unpaired) electrons. The van der Waals surface area contributed by atoms with Crippen molar-refractivity contribution in [3.8, 4) is 22.8 Å². The zero-order valence-corrected chi connectivity index (χ0v) is 20.5. The zero-order valence-electron chi connectivity index (χ0n) is 20.5. The topological polar surface area (TPSA) is 73.8 Å². The summed E-state index contributed by atoms with van der Waals surface area (Å²) in [4.78, 5) is 22.6. The van der Waals surface area contributed by atoms with Crippen LogP contribution in [0.3, 0.4) is 0 Å². The zero-order chi connectivity index (χ0) is 25.3. The Morgan fingerprint density at radius 3 is 2.66 bits per heavy atom. The van der Waals surface area contributed by atoms with Gasteiger partial charge in [0.2, 0.25) is 5.88 Å². The van der Waals surface area contributed by atoms with E-state index in [0.29, 0.717) is 36.3 Å². The Labute approximate surface area is 203 Å². The fourth-order valence-electron chi connectivity index (χ4n) is 4.21. The van der Waals surface area contributed by atoms with Gasteiger partial charge in [-0.05, 0) is 57.5 Å². The normalized spacial score (nSPS) is 16.1. The number of likely N-dealkylation sites (tertiary alicyclic amines) is 1. The first kappa shape index (κ1) is 24.6. The van der Waals surface area contributed by atoms with Crippen LogP contribution in [-0.2, 0) is 4.74 Å². The number of methoxy groups -OCH3 is 1. The third-order valence-electron chi connectivity index (χ3n) is 5.83. The Balaban J connectivity index is 1.63. The second kappa shape index (κ2) is 9.64. The van der Waals surface area contributed by atoms with Crippen molar-refractivity contribution in [2.75, 3.05) is 20.2 Å². The summed E-state index contributed by atoms with van der Waals surface area (Å²) in [5.41, 5.74) is 1.96. The Kier molecular flexibility index (Phi) is 6.78. The van der Waals surface area contributed by atoms with Gasteiger partial charge in [0.05, 0.1) is 24.7 Å². The lowest BCUT2D eigenvalue weighted by Gasteiger charge is -2.24. The van der Waals surface area contributed by atoms with E-state index >= 15 is 0 Å². The van der Waals surface area contributed by atoms with Crippen LogP contribution < -0.4 is 9.47 Å². The molecule has 1 aliphatic rings. The number of hydrogen-bond donors (Lipinski definition) is 0. The van der Waals surface area contributed by atoms with Gasteiger partial charge in [0.1, 0.15) is 17.5 Å². The maximum absolute atomic E-state index is 13.6. The van der Waals surface area contributed by atoms with Crippen molar-refractivity contribution in [3.05, 3.63) is 47.8 Å². The van der Waals surface area contributed by atoms with Gasteiger partial charge in [0, 0.05) is 41.9 Å². The third kappa shape index (κ3) is 5.28. The van der Waals surface area contributed by atoms with Crippen molar-refractivity contribution in [1.29, 1.82) is 0 Å². The van der Waals surface area contributed by atoms with Gasteiger partial charge in [-0.25, -0.2) is 18.6 Å². The van der Waals surface area contributed by atoms with Crippen LogP contribution in [0.1, 0.15) is 44.7 Å². The van der Waals surface area contributed by atoms with Crippen LogP contribution in [0.25, 0.3) is 22.0 Å². The number of carbonyl (C=O) groups excluding carboxylic acids is 1. The molecule has 3 aromatic rings. The molecule has 0 N–H and O–H groups in total. The SMILES string of the molecule is COc1ncc(-c2ccnc3ccc(OC4CCN(C(=O)OC(C)(C)C)C4)c(C)c23)cc1C(F)F. The highest BCUT2D eigenvalue weighted by Crippen LogP contribution is 2.37. The van der Waals surface area contributed by atoms with Gasteiger partial charge in [0.25, 0.3) is 6.43 Å². The molecule has 0 spiro atoms. The van der Waals surface area contributed by atoms with E-state index in [-0.39, 0.29) is 23.6 Å². The predicted octanol–water partition coefficient (Wildman–Crippen LogP) is 5.94. The van der Waals surface area contributed by atoms with Crippen LogP contribution in [0.5, 0.6) is 11.6 Å². The molecule has 1 amide bonds. The van der Waals surface area contributed by atoms with Gasteiger partial charge in [-0.3, -0.25) is 4.98 Å². The van der Waals surface area contributed by atoms with Crippen LogP contribution in [0.2, 0.25) is 0 Å². The Bertz CT molecular complexity index is 1240. The molecule has 1 aliphatic heterocycles. The van der Waals surface area contributed by atoms with E-state index in [1.54, 1.807) is 17.2 Å². The Morgan fingerprint density at radius 1 is 1.20 bits per heavy atom. The molecule has 1 atom stereocenters. The van der Waals surface area contributed by atoms with Crippen molar-refractivity contribution in [3.63, 3.8) is 0 Å². The molecule has 2 aromatic heterocycles. The lowest BCUT2D eigenvalue weighted by molar-refractivity contribution is 0.0275. The summed E-state index contributed by atoms with van der Waals surface area (Å²) < 4.78 is 43.9. The number of amides is 1. The first-order chi connectivity index (χ1) is 16.6. The standard InChI is InChI=1S/C26H29F2N3O4/c1-15-21(34-17-9-11-31(14-17)25(32)35-26(2,3)4)7-6-20-22(15)18(8-10-29-20)16-12-19(23(27)28)24(33-5)30-13-16/h6-8,10,12-13,17,23H,9,11,14H2,1-5H3. The molecule has 1 saturated heterocycles. The minimum atomic E-state index is -2.72. The van der Waals surface area contributed by atoms with Crippen molar-refractivity contribution < 1.29 is 27.8 Å². The van der Waals surface area contributed by atoms with Gasteiger partial charge in [-0.1, -0.05) is 0 Å². The summed E-state index contributed by atoms with van der Waals surface area (Å²) >= 11 is 0. The number of alkyl halides is 2. The quantitative estimate of drug-likeness (QED) is 0.445. The molecule has 1 aromatic carbocycles. The number of ether oxygens (including phenoxy) is 3. The summed E-state index contributed by atoms with van der Waals surface area (Å²) in [7, 11) is 1.32. The van der Waals surface area contributed by atoms with Crippen molar-refractivity contribution in [2.45, 2.75) is 52.2 Å². The number of carbonyl (C=O) groups is 1. The van der Waals surface area contributed by atoms with E-state index in [4.69, 9.17) is 14.2 Å². The number of benzene rings is 1. The molecule has 0 aliphatic carbocycles. The van der Waals surface area contributed by atoms with Crippen LogP contribution in [-0.4, -0.2) is 52.9 Å². The maximum atomic E-state index is 13.6. The van der Waals surface area contributed by atoms with Crippen LogP contribution >= 0.6 is 0 Å². The largest absolute Gasteiger partial charge is 0.488 e. The van der Waals surface area contributed by atoms with Crippen LogP contribution in [0.15, 0.2) is 36.7 Å². The van der Waals surface area contributed by atoms with Gasteiger partial charge in [-0.15, -0.1) is 0 Å². The smallest absolute Gasteiger partial charge is 0.410 e. The minimum absolute atomic E-state index is 0.0985. The van der Waals surface area contributed by atoms with Crippen molar-refractivity contribution >= 4 is 17.0 Å². The lowest BCUT2D eigenvalue weighted by atomic mass is 9.97. The van der Waals surface area contributed by atoms with Crippen LogP contribution in [0, 0.1) is 6.92 Å². The Morgan fingerprint density at radius 2 is 1.97 bits per heavy atom. The molecule has 4 rings (SSSR count). The van der Waals surface area contributed by atoms with E-state index in [1.807, 2.05) is 39.8 Å². The molecule has 1 unspecified atom stereocenters. The number of hydrogen-bond acceptors (Lipinski definition) is 6. The molecular formula is C26H29F2N3O4. The second-order valence-corrected chi connectivity index (χ2v) is 9.52. The molecule has 7 nitrogen and oxygen atoms in total. The van der Waals surface area contributed by atoms with Gasteiger partial charge < -0.3 is 19.1 Å². The van der Waals surface area contributed by atoms with E-state index in [9.17, 15) is 13.6 Å². The van der Waals surface area contributed by atoms with E-state index in [1.165, 1.54) is 19.4 Å². The maximum Gasteiger partial charge on any atom is 0.410 e. The molecule has 35 heavy (non-hydrogen) atoms. The molecule has 9 heteroatoms. The molecule has 0 bridgehead atoms. The number of aromatic nitrogens is 2. The second-order valence-electron chi connectivity index (χ2n) is 9.52. The van der Waals surface area contributed by atoms with E-state index < -0.39 is 12.0 Å². The lowest BCUT2D eigenvalue weighted by Crippen LogP contribution is -2.36. The van der Waals surface area contributed by atoms with E-state index in [0.717, 1.165) is 16.5 Å². The van der Waals surface area contributed by atoms with Crippen LogP contribution in [0.4, 0.5) is 13.6 Å². The number of halogens is 2. The highest BCUT2D eigenvalue weighted by atomic mass is 19.3. The fourth-order valence-corrected chi connectivity index (χ4v) is 4.21. The molecule has 0 saturated carbocycles. The number of nitrogens with zero attached hydrogens (tertiary/aromatic N) is 3. The fraction of sp³-hybridized carbons (Fsp3) is 0.423. The highest BCUT2D eigenvalue weighted by Gasteiger charge is 2.31. The number of aryl methyl sites for hydroxylation is 1. The minimum Gasteiger partial charge on any atom is -0.488 e. The average molecular weight is 486 g/mol. The summed E-state index contributed by atoms with van der Waals surface area (Å²) in [6.07, 6.45) is 0.568. The summed E-state index contributed by atoms with van der Waals surface area (Å²) in [6, 6.07) is 6.86. The third-order valence-corrected chi connectivity index (χ3v) is 5.83. The molecule has 186 valence electrons. The van der Waals surface area contributed by atoms with E-state index in [2.05, 4.69) is 9.97 Å². The monoisotopic (exact) mass is 485 g/mol. The van der Waals surface area contributed by atoms with Crippen molar-refractivity contribution in [2.24, 2.45) is 0 Å². The average Bonchev–Trinajstić information content (AvgIpc) is 3.28. The summed E-state index contributed by atoms with van der Waals surface area (Å²) in [5, 5.41) is 0.791. The number of pyridine rings is 2. The molecular weight excluding hydrogens is 456 g/mol. The molecule has 1 fully saturated rings. The predicted molar refractivity (Wildman–Crippen MR) is 128 cm³/mol. The summed E-state index contributed by atoms with van der Waals surface area (Å²) in [6.45, 7) is 8.39.